The molecule has 1 aliphatic rings. The van der Waals surface area contributed by atoms with E-state index in [0.29, 0.717) is 17.0 Å². The Morgan fingerprint density at radius 2 is 2.42 bits per heavy atom. The molecule has 1 rings (SSSR count). The molecule has 12 heavy (non-hydrogen) atoms. The largest absolute Gasteiger partial charge is 0.480 e. The van der Waals surface area contributed by atoms with Crippen LogP contribution in [0.1, 0.15) is 20.3 Å². The molecule has 1 heterocycles. The molecule has 0 radical (unpaired) electrons. The van der Waals surface area contributed by atoms with Crippen LogP contribution >= 0.6 is 11.8 Å². The van der Waals surface area contributed by atoms with Gasteiger partial charge in [-0.05, 0) is 12.3 Å². The molecule has 1 fully saturated rings. The summed E-state index contributed by atoms with van der Waals surface area (Å²) in [5.74, 6) is 0.600. The minimum atomic E-state index is -0.728. The first-order valence-corrected chi connectivity index (χ1v) is 5.25. The Balaban J connectivity index is 2.30. The number of rotatable bonds is 3. The maximum atomic E-state index is 10.6. The van der Waals surface area contributed by atoms with Gasteiger partial charge in [-0.15, -0.1) is 11.8 Å². The number of carboxylic acid groups (broad SMARTS) is 1. The van der Waals surface area contributed by atoms with E-state index in [1.807, 2.05) is 0 Å². The zero-order chi connectivity index (χ0) is 9.14. The van der Waals surface area contributed by atoms with Gasteiger partial charge in [0.2, 0.25) is 0 Å². The average Bonchev–Trinajstić information content (AvgIpc) is 2.34. The Morgan fingerprint density at radius 1 is 1.75 bits per heavy atom. The number of aliphatic carboxylic acids is 1. The highest BCUT2D eigenvalue weighted by Crippen LogP contribution is 2.24. The number of hydrogen-bond acceptors (Lipinski definition) is 3. The quantitative estimate of drug-likeness (QED) is 0.699. The van der Waals surface area contributed by atoms with Crippen molar-refractivity contribution >= 4 is 17.7 Å². The molecular weight excluding hydrogens is 174 g/mol. The molecule has 0 aromatic heterocycles. The van der Waals surface area contributed by atoms with Gasteiger partial charge in [0.25, 0.3) is 0 Å². The van der Waals surface area contributed by atoms with Crippen molar-refractivity contribution in [3.63, 3.8) is 0 Å². The summed E-state index contributed by atoms with van der Waals surface area (Å²) in [6, 6.07) is -0.334. The average molecular weight is 189 g/mol. The smallest absolute Gasteiger partial charge is 0.321 e. The van der Waals surface area contributed by atoms with Gasteiger partial charge in [-0.1, -0.05) is 13.8 Å². The lowest BCUT2D eigenvalue weighted by Crippen LogP contribution is -2.36. The van der Waals surface area contributed by atoms with Crippen molar-refractivity contribution in [1.82, 2.24) is 5.32 Å². The van der Waals surface area contributed by atoms with E-state index in [0.717, 1.165) is 6.42 Å². The summed E-state index contributed by atoms with van der Waals surface area (Å²) in [5, 5.41) is 12.1. The standard InChI is InChI=1S/C8H15NO2S/c1-5(2)3-7-9-6(4-12-7)8(10)11/h5-7,9H,3-4H2,1-2H3,(H,10,11). The van der Waals surface area contributed by atoms with Crippen LogP contribution in [-0.4, -0.2) is 28.2 Å². The van der Waals surface area contributed by atoms with E-state index in [1.165, 1.54) is 0 Å². The van der Waals surface area contributed by atoms with Crippen LogP contribution in [0.2, 0.25) is 0 Å². The number of carbonyl (C=O) groups is 1. The molecule has 0 bridgehead atoms. The fourth-order valence-corrected chi connectivity index (χ4v) is 2.68. The van der Waals surface area contributed by atoms with Gasteiger partial charge in [-0.3, -0.25) is 10.1 Å². The molecule has 0 aromatic carbocycles. The molecular formula is C8H15NO2S. The first kappa shape index (κ1) is 9.86. The highest BCUT2D eigenvalue weighted by molar-refractivity contribution is 8.00. The highest BCUT2D eigenvalue weighted by atomic mass is 32.2. The van der Waals surface area contributed by atoms with Gasteiger partial charge in [0.15, 0.2) is 0 Å². The minimum Gasteiger partial charge on any atom is -0.480 e. The van der Waals surface area contributed by atoms with Crippen molar-refractivity contribution in [2.75, 3.05) is 5.75 Å². The number of nitrogens with one attached hydrogen (secondary N) is 1. The second-order valence-electron chi connectivity index (χ2n) is 3.51. The highest BCUT2D eigenvalue weighted by Gasteiger charge is 2.29. The van der Waals surface area contributed by atoms with E-state index < -0.39 is 5.97 Å². The fraction of sp³-hybridized carbons (Fsp3) is 0.875. The van der Waals surface area contributed by atoms with Crippen molar-refractivity contribution in [3.05, 3.63) is 0 Å². The summed E-state index contributed by atoms with van der Waals surface area (Å²) in [4.78, 5) is 10.6. The molecule has 2 N–H and O–H groups in total. The Labute approximate surface area is 76.9 Å². The SMILES string of the molecule is CC(C)CC1NC(C(=O)O)CS1. The third kappa shape index (κ3) is 2.68. The van der Waals surface area contributed by atoms with Crippen molar-refractivity contribution in [1.29, 1.82) is 0 Å². The zero-order valence-corrected chi connectivity index (χ0v) is 8.23. The molecule has 3 nitrogen and oxygen atoms in total. The first-order chi connectivity index (χ1) is 5.59. The summed E-state index contributed by atoms with van der Waals surface area (Å²) in [7, 11) is 0. The van der Waals surface area contributed by atoms with E-state index in [9.17, 15) is 4.79 Å². The second kappa shape index (κ2) is 4.14. The van der Waals surface area contributed by atoms with E-state index in [4.69, 9.17) is 5.11 Å². The van der Waals surface area contributed by atoms with Gasteiger partial charge in [-0.25, -0.2) is 0 Å². The van der Waals surface area contributed by atoms with Crippen molar-refractivity contribution in [2.24, 2.45) is 5.92 Å². The molecule has 1 saturated heterocycles. The molecule has 4 heteroatoms. The zero-order valence-electron chi connectivity index (χ0n) is 7.41. The van der Waals surface area contributed by atoms with Crippen LogP contribution in [-0.2, 0) is 4.79 Å². The Hall–Kier alpha value is -0.220. The van der Waals surface area contributed by atoms with Crippen molar-refractivity contribution in [2.45, 2.75) is 31.7 Å². The minimum absolute atomic E-state index is 0.334. The Kier molecular flexibility index (Phi) is 3.40. The maximum absolute atomic E-state index is 10.6. The van der Waals surface area contributed by atoms with Crippen molar-refractivity contribution < 1.29 is 9.90 Å². The lowest BCUT2D eigenvalue weighted by molar-refractivity contribution is -0.138. The van der Waals surface area contributed by atoms with Crippen LogP contribution in [0, 0.1) is 5.92 Å². The van der Waals surface area contributed by atoms with Crippen LogP contribution in [0.3, 0.4) is 0 Å². The lowest BCUT2D eigenvalue weighted by Gasteiger charge is -2.12. The number of hydrogen-bond donors (Lipinski definition) is 2. The molecule has 1 aliphatic heterocycles. The van der Waals surface area contributed by atoms with Gasteiger partial charge in [0, 0.05) is 5.75 Å². The van der Waals surface area contributed by atoms with Crippen LogP contribution in [0.15, 0.2) is 0 Å². The second-order valence-corrected chi connectivity index (χ2v) is 4.74. The van der Waals surface area contributed by atoms with Crippen LogP contribution in [0.25, 0.3) is 0 Å². The summed E-state index contributed by atoms with van der Waals surface area (Å²) >= 11 is 1.72. The topological polar surface area (TPSA) is 49.3 Å². The summed E-state index contributed by atoms with van der Waals surface area (Å²) in [6.45, 7) is 4.30. The number of thioether (sulfide) groups is 1. The van der Waals surface area contributed by atoms with E-state index in [1.54, 1.807) is 11.8 Å². The molecule has 0 aliphatic carbocycles. The third-order valence-electron chi connectivity index (χ3n) is 1.83. The molecule has 70 valence electrons. The Morgan fingerprint density at radius 3 is 2.83 bits per heavy atom. The van der Waals surface area contributed by atoms with Gasteiger partial charge in [0.05, 0.1) is 5.37 Å². The molecule has 2 unspecified atom stereocenters. The maximum Gasteiger partial charge on any atom is 0.321 e. The van der Waals surface area contributed by atoms with E-state index in [2.05, 4.69) is 19.2 Å². The van der Waals surface area contributed by atoms with E-state index >= 15 is 0 Å². The normalized spacial score (nSPS) is 29.6. The molecule has 0 amide bonds. The van der Waals surface area contributed by atoms with Crippen LogP contribution in [0.5, 0.6) is 0 Å². The molecule has 0 aromatic rings. The third-order valence-corrected chi connectivity index (χ3v) is 3.09. The first-order valence-electron chi connectivity index (χ1n) is 4.20. The van der Waals surface area contributed by atoms with Gasteiger partial charge in [0.1, 0.15) is 6.04 Å². The van der Waals surface area contributed by atoms with E-state index in [-0.39, 0.29) is 6.04 Å². The van der Waals surface area contributed by atoms with Crippen LogP contribution in [0.4, 0.5) is 0 Å². The summed E-state index contributed by atoms with van der Waals surface area (Å²) in [6.07, 6.45) is 1.05. The molecule has 2 atom stereocenters. The monoisotopic (exact) mass is 189 g/mol. The predicted molar refractivity (Wildman–Crippen MR) is 50.3 cm³/mol. The van der Waals surface area contributed by atoms with Crippen molar-refractivity contribution in [3.8, 4) is 0 Å². The van der Waals surface area contributed by atoms with Crippen LogP contribution < -0.4 is 5.32 Å². The summed E-state index contributed by atoms with van der Waals surface area (Å²) in [5.41, 5.74) is 0. The summed E-state index contributed by atoms with van der Waals surface area (Å²) < 4.78 is 0. The van der Waals surface area contributed by atoms with Gasteiger partial charge >= 0.3 is 5.97 Å². The molecule has 0 saturated carbocycles. The van der Waals surface area contributed by atoms with Gasteiger partial charge in [-0.2, -0.15) is 0 Å². The Bertz CT molecular complexity index is 172. The van der Waals surface area contributed by atoms with Gasteiger partial charge < -0.3 is 5.11 Å². The fourth-order valence-electron chi connectivity index (χ4n) is 1.24. The predicted octanol–water partition coefficient (Wildman–Crippen LogP) is 1.15. The number of carboxylic acids is 1. The molecule has 0 spiro atoms. The lowest BCUT2D eigenvalue weighted by atomic mass is 10.1.